The highest BCUT2D eigenvalue weighted by Crippen LogP contribution is 2.18. The van der Waals surface area contributed by atoms with Crippen molar-refractivity contribution in [2.75, 3.05) is 7.11 Å². The third-order valence-corrected chi connectivity index (χ3v) is 1.07. The van der Waals surface area contributed by atoms with Crippen LogP contribution in [0.3, 0.4) is 0 Å². The Morgan fingerprint density at radius 2 is 1.78 bits per heavy atom. The SMILES string of the molecule is C.COC(C)C(C)(F)F. The molecule has 1 atom stereocenters. The molecule has 0 aromatic carbocycles. The monoisotopic (exact) mass is 140 g/mol. The Morgan fingerprint density at radius 1 is 1.44 bits per heavy atom. The zero-order valence-corrected chi connectivity index (χ0v) is 5.24. The fourth-order valence-corrected chi connectivity index (χ4v) is 0.207. The van der Waals surface area contributed by atoms with Crippen molar-refractivity contribution in [3.63, 3.8) is 0 Å². The molecule has 0 aliphatic carbocycles. The van der Waals surface area contributed by atoms with E-state index in [1.54, 1.807) is 0 Å². The molecule has 0 aliphatic rings. The summed E-state index contributed by atoms with van der Waals surface area (Å²) in [5.41, 5.74) is 0. The van der Waals surface area contributed by atoms with Gasteiger partial charge >= 0.3 is 0 Å². The Bertz CT molecular complexity index is 67.9. The zero-order valence-electron chi connectivity index (χ0n) is 5.24. The van der Waals surface area contributed by atoms with E-state index >= 15 is 0 Å². The van der Waals surface area contributed by atoms with Crippen molar-refractivity contribution in [3.8, 4) is 0 Å². The summed E-state index contributed by atoms with van der Waals surface area (Å²) in [5, 5.41) is 0. The van der Waals surface area contributed by atoms with Crippen molar-refractivity contribution in [1.82, 2.24) is 0 Å². The van der Waals surface area contributed by atoms with Gasteiger partial charge in [-0.15, -0.1) is 0 Å². The lowest BCUT2D eigenvalue weighted by Gasteiger charge is -2.16. The Kier molecular flexibility index (Phi) is 4.86. The molecule has 0 spiro atoms. The average Bonchev–Trinajstić information content (AvgIpc) is 1.62. The van der Waals surface area contributed by atoms with Crippen LogP contribution in [-0.4, -0.2) is 19.1 Å². The van der Waals surface area contributed by atoms with Gasteiger partial charge in [-0.1, -0.05) is 7.43 Å². The van der Waals surface area contributed by atoms with E-state index in [4.69, 9.17) is 0 Å². The molecule has 0 rings (SSSR count). The molecule has 0 saturated heterocycles. The molecule has 0 bridgehead atoms. The van der Waals surface area contributed by atoms with Gasteiger partial charge in [0.15, 0.2) is 0 Å². The lowest BCUT2D eigenvalue weighted by molar-refractivity contribution is -0.101. The summed E-state index contributed by atoms with van der Waals surface area (Å²) >= 11 is 0. The van der Waals surface area contributed by atoms with E-state index in [1.165, 1.54) is 14.0 Å². The Balaban J connectivity index is 0. The quantitative estimate of drug-likeness (QED) is 0.572. The van der Waals surface area contributed by atoms with E-state index in [2.05, 4.69) is 4.74 Å². The topological polar surface area (TPSA) is 9.23 Å². The van der Waals surface area contributed by atoms with E-state index in [1.807, 2.05) is 0 Å². The van der Waals surface area contributed by atoms with Crippen LogP contribution in [0.4, 0.5) is 8.78 Å². The number of hydrogen-bond acceptors (Lipinski definition) is 1. The van der Waals surface area contributed by atoms with Crippen LogP contribution in [0.5, 0.6) is 0 Å². The highest BCUT2D eigenvalue weighted by molar-refractivity contribution is 4.65. The first-order valence-electron chi connectivity index (χ1n) is 2.39. The van der Waals surface area contributed by atoms with Crippen molar-refractivity contribution in [2.24, 2.45) is 0 Å². The second kappa shape index (κ2) is 3.77. The highest BCUT2D eigenvalue weighted by Gasteiger charge is 2.29. The predicted molar refractivity (Wildman–Crippen MR) is 33.8 cm³/mol. The average molecular weight is 140 g/mol. The number of ether oxygens (including phenoxy) is 1. The molecule has 0 fully saturated rings. The van der Waals surface area contributed by atoms with Crippen molar-refractivity contribution in [3.05, 3.63) is 0 Å². The minimum atomic E-state index is -2.71. The molecule has 1 unspecified atom stereocenters. The maximum atomic E-state index is 12.0. The van der Waals surface area contributed by atoms with Crippen LogP contribution in [0.15, 0.2) is 0 Å². The highest BCUT2D eigenvalue weighted by atomic mass is 19.3. The van der Waals surface area contributed by atoms with Gasteiger partial charge in [0.05, 0.1) is 0 Å². The van der Waals surface area contributed by atoms with Crippen LogP contribution in [0, 0.1) is 0 Å². The van der Waals surface area contributed by atoms with Gasteiger partial charge in [-0.05, 0) is 6.92 Å². The van der Waals surface area contributed by atoms with E-state index in [-0.39, 0.29) is 7.43 Å². The zero-order chi connectivity index (χ0) is 6.78. The largest absolute Gasteiger partial charge is 0.376 e. The molecule has 0 N–H and O–H groups in total. The number of methoxy groups -OCH3 is 1. The van der Waals surface area contributed by atoms with Gasteiger partial charge in [0, 0.05) is 14.0 Å². The molecule has 0 aromatic heterocycles. The molecular weight excluding hydrogens is 126 g/mol. The van der Waals surface area contributed by atoms with E-state index in [0.717, 1.165) is 6.92 Å². The molecular formula is C6H14F2O. The van der Waals surface area contributed by atoms with Crippen molar-refractivity contribution in [1.29, 1.82) is 0 Å². The summed E-state index contributed by atoms with van der Waals surface area (Å²) < 4.78 is 28.3. The summed E-state index contributed by atoms with van der Waals surface area (Å²) in [5.74, 6) is -2.71. The molecule has 0 amide bonds. The molecule has 0 saturated carbocycles. The normalized spacial score (nSPS) is 14.3. The van der Waals surface area contributed by atoms with Gasteiger partial charge in [-0.3, -0.25) is 0 Å². The van der Waals surface area contributed by atoms with Crippen LogP contribution >= 0.6 is 0 Å². The molecule has 58 valence electrons. The summed E-state index contributed by atoms with van der Waals surface area (Å²) in [7, 11) is 1.27. The Labute approximate surface area is 55.0 Å². The summed E-state index contributed by atoms with van der Waals surface area (Å²) in [6.07, 6.45) is -0.984. The van der Waals surface area contributed by atoms with Gasteiger partial charge in [0.2, 0.25) is 0 Å². The van der Waals surface area contributed by atoms with Crippen LogP contribution < -0.4 is 0 Å². The van der Waals surface area contributed by atoms with E-state index in [9.17, 15) is 8.78 Å². The van der Waals surface area contributed by atoms with Gasteiger partial charge < -0.3 is 4.74 Å². The van der Waals surface area contributed by atoms with Crippen LogP contribution in [0.2, 0.25) is 0 Å². The van der Waals surface area contributed by atoms with Gasteiger partial charge in [0.1, 0.15) is 6.10 Å². The maximum Gasteiger partial charge on any atom is 0.270 e. The second-order valence-corrected chi connectivity index (χ2v) is 1.83. The molecule has 0 radical (unpaired) electrons. The third kappa shape index (κ3) is 4.33. The second-order valence-electron chi connectivity index (χ2n) is 1.83. The maximum absolute atomic E-state index is 12.0. The standard InChI is InChI=1S/C5H10F2O.CH4/c1-4(8-3)5(2,6)7;/h4H,1-3H3;1H4. The number of halogens is 2. The molecule has 0 aromatic rings. The fraction of sp³-hybridized carbons (Fsp3) is 1.00. The molecule has 9 heavy (non-hydrogen) atoms. The summed E-state index contributed by atoms with van der Waals surface area (Å²) in [6, 6.07) is 0. The lowest BCUT2D eigenvalue weighted by atomic mass is 10.2. The van der Waals surface area contributed by atoms with E-state index < -0.39 is 12.0 Å². The first-order chi connectivity index (χ1) is 3.48. The fourth-order valence-electron chi connectivity index (χ4n) is 0.207. The lowest BCUT2D eigenvalue weighted by Crippen LogP contribution is -2.28. The first-order valence-corrected chi connectivity index (χ1v) is 2.39. The first kappa shape index (κ1) is 11.6. The molecule has 1 nitrogen and oxygen atoms in total. The number of alkyl halides is 2. The Morgan fingerprint density at radius 3 is 1.78 bits per heavy atom. The van der Waals surface area contributed by atoms with Gasteiger partial charge in [0.25, 0.3) is 5.92 Å². The van der Waals surface area contributed by atoms with Crippen molar-refractivity contribution >= 4 is 0 Å². The summed E-state index contributed by atoms with van der Waals surface area (Å²) in [6.45, 7) is 2.17. The van der Waals surface area contributed by atoms with Gasteiger partial charge in [-0.25, -0.2) is 8.78 Å². The van der Waals surface area contributed by atoms with Gasteiger partial charge in [-0.2, -0.15) is 0 Å². The summed E-state index contributed by atoms with van der Waals surface area (Å²) in [4.78, 5) is 0. The molecule has 0 aliphatic heterocycles. The van der Waals surface area contributed by atoms with Crippen LogP contribution in [0.25, 0.3) is 0 Å². The van der Waals surface area contributed by atoms with Crippen LogP contribution in [-0.2, 0) is 4.74 Å². The van der Waals surface area contributed by atoms with Crippen molar-refractivity contribution in [2.45, 2.75) is 33.3 Å². The minimum absolute atomic E-state index is 0. The predicted octanol–water partition coefficient (Wildman–Crippen LogP) is 2.31. The third-order valence-electron chi connectivity index (χ3n) is 1.07. The van der Waals surface area contributed by atoms with Crippen LogP contribution in [0.1, 0.15) is 21.3 Å². The van der Waals surface area contributed by atoms with Crippen molar-refractivity contribution < 1.29 is 13.5 Å². The van der Waals surface area contributed by atoms with E-state index in [0.29, 0.717) is 0 Å². The smallest absolute Gasteiger partial charge is 0.270 e. The molecule has 0 heterocycles. The minimum Gasteiger partial charge on any atom is -0.376 e. The Hall–Kier alpha value is -0.180. The molecule has 3 heteroatoms. The number of rotatable bonds is 2. The number of hydrogen-bond donors (Lipinski definition) is 0.